The minimum atomic E-state index is 0.295. The number of aromatic nitrogens is 5. The van der Waals surface area contributed by atoms with E-state index in [0.29, 0.717) is 12.0 Å². The SMILES string of the molecule is Cc1nc(Nc2ncc3c(C)cc4ncn(C(C)C)c4c3n2)ccc1N1CCNCC1. The molecule has 0 saturated carbocycles. The van der Waals surface area contributed by atoms with E-state index in [1.807, 2.05) is 18.6 Å². The van der Waals surface area contributed by atoms with E-state index in [1.165, 1.54) is 5.69 Å². The Morgan fingerprint density at radius 1 is 1.06 bits per heavy atom. The number of rotatable bonds is 4. The zero-order valence-corrected chi connectivity index (χ0v) is 18.5. The van der Waals surface area contributed by atoms with Crippen LogP contribution in [-0.2, 0) is 0 Å². The quantitative estimate of drug-likeness (QED) is 0.524. The molecule has 1 fully saturated rings. The topological polar surface area (TPSA) is 83.8 Å². The molecular weight excluding hydrogens is 388 g/mol. The first-order valence-corrected chi connectivity index (χ1v) is 10.8. The fraction of sp³-hybridized carbons (Fsp3) is 0.391. The number of fused-ring (bicyclic) bond motifs is 3. The molecule has 1 aromatic carbocycles. The molecule has 0 atom stereocenters. The second kappa shape index (κ2) is 7.77. The van der Waals surface area contributed by atoms with Crippen molar-refractivity contribution in [1.29, 1.82) is 0 Å². The van der Waals surface area contributed by atoms with Crippen molar-refractivity contribution in [3.8, 4) is 0 Å². The summed E-state index contributed by atoms with van der Waals surface area (Å²) in [6.07, 6.45) is 3.78. The number of benzene rings is 1. The molecular formula is C23H28N8. The van der Waals surface area contributed by atoms with Crippen molar-refractivity contribution in [2.75, 3.05) is 36.4 Å². The maximum Gasteiger partial charge on any atom is 0.228 e. The summed E-state index contributed by atoms with van der Waals surface area (Å²) < 4.78 is 2.17. The Balaban J connectivity index is 1.51. The number of imidazole rings is 1. The average molecular weight is 417 g/mol. The molecule has 8 heteroatoms. The lowest BCUT2D eigenvalue weighted by atomic mass is 10.1. The van der Waals surface area contributed by atoms with Gasteiger partial charge in [0, 0.05) is 43.8 Å². The Hall–Kier alpha value is -3.26. The van der Waals surface area contributed by atoms with Crippen molar-refractivity contribution in [3.05, 3.63) is 42.0 Å². The van der Waals surface area contributed by atoms with Crippen LogP contribution in [0.3, 0.4) is 0 Å². The average Bonchev–Trinajstić information content (AvgIpc) is 3.19. The Morgan fingerprint density at radius 3 is 2.61 bits per heavy atom. The molecule has 0 amide bonds. The summed E-state index contributed by atoms with van der Waals surface area (Å²) in [6.45, 7) is 12.4. The third kappa shape index (κ3) is 3.57. The van der Waals surface area contributed by atoms with Crippen molar-refractivity contribution in [2.45, 2.75) is 33.7 Å². The Kier molecular flexibility index (Phi) is 4.94. The van der Waals surface area contributed by atoms with Gasteiger partial charge in [0.05, 0.1) is 28.7 Å². The predicted molar refractivity (Wildman–Crippen MR) is 125 cm³/mol. The first kappa shape index (κ1) is 19.7. The van der Waals surface area contributed by atoms with Crippen molar-refractivity contribution >= 4 is 39.4 Å². The van der Waals surface area contributed by atoms with Crippen LogP contribution in [0.2, 0.25) is 0 Å². The van der Waals surface area contributed by atoms with Gasteiger partial charge in [0.25, 0.3) is 0 Å². The van der Waals surface area contributed by atoms with Crippen LogP contribution in [0.15, 0.2) is 30.7 Å². The summed E-state index contributed by atoms with van der Waals surface area (Å²) >= 11 is 0. The fourth-order valence-electron chi connectivity index (χ4n) is 4.29. The van der Waals surface area contributed by atoms with Gasteiger partial charge in [0.1, 0.15) is 11.3 Å². The van der Waals surface area contributed by atoms with Crippen LogP contribution < -0.4 is 15.5 Å². The van der Waals surface area contributed by atoms with Gasteiger partial charge >= 0.3 is 0 Å². The molecule has 3 aromatic heterocycles. The Bertz CT molecular complexity index is 1250. The van der Waals surface area contributed by atoms with E-state index in [1.54, 1.807) is 0 Å². The van der Waals surface area contributed by atoms with Gasteiger partial charge < -0.3 is 20.1 Å². The number of hydrogen-bond acceptors (Lipinski definition) is 7. The fourth-order valence-corrected chi connectivity index (χ4v) is 4.29. The Morgan fingerprint density at radius 2 is 1.87 bits per heavy atom. The number of hydrogen-bond donors (Lipinski definition) is 2. The van der Waals surface area contributed by atoms with E-state index >= 15 is 0 Å². The van der Waals surface area contributed by atoms with Gasteiger partial charge in [-0.05, 0) is 51.5 Å². The minimum Gasteiger partial charge on any atom is -0.368 e. The Labute approximate surface area is 181 Å². The molecule has 0 radical (unpaired) electrons. The zero-order chi connectivity index (χ0) is 21.5. The van der Waals surface area contributed by atoms with Crippen molar-refractivity contribution in [1.82, 2.24) is 29.8 Å². The molecule has 160 valence electrons. The number of piperazine rings is 1. The highest BCUT2D eigenvalue weighted by Gasteiger charge is 2.16. The number of pyridine rings is 1. The first-order chi connectivity index (χ1) is 15.0. The second-order valence-corrected chi connectivity index (χ2v) is 8.43. The molecule has 8 nitrogen and oxygen atoms in total. The molecule has 5 rings (SSSR count). The molecule has 1 saturated heterocycles. The number of nitrogens with zero attached hydrogens (tertiary/aromatic N) is 6. The van der Waals surface area contributed by atoms with Gasteiger partial charge in [-0.3, -0.25) is 0 Å². The summed E-state index contributed by atoms with van der Waals surface area (Å²) in [7, 11) is 0. The second-order valence-electron chi connectivity index (χ2n) is 8.43. The lowest BCUT2D eigenvalue weighted by Gasteiger charge is -2.30. The maximum absolute atomic E-state index is 4.87. The number of aryl methyl sites for hydroxylation is 2. The van der Waals surface area contributed by atoms with Gasteiger partial charge in [-0.2, -0.15) is 0 Å². The predicted octanol–water partition coefficient (Wildman–Crippen LogP) is 3.73. The number of anilines is 3. The van der Waals surface area contributed by atoms with Crippen molar-refractivity contribution in [3.63, 3.8) is 0 Å². The summed E-state index contributed by atoms with van der Waals surface area (Å²) in [5, 5.41) is 7.73. The van der Waals surface area contributed by atoms with Gasteiger partial charge in [-0.1, -0.05) is 0 Å². The van der Waals surface area contributed by atoms with Gasteiger partial charge in [-0.15, -0.1) is 0 Å². The largest absolute Gasteiger partial charge is 0.368 e. The van der Waals surface area contributed by atoms with E-state index in [4.69, 9.17) is 9.97 Å². The van der Waals surface area contributed by atoms with E-state index in [9.17, 15) is 0 Å². The molecule has 1 aliphatic rings. The van der Waals surface area contributed by atoms with E-state index in [2.05, 4.69) is 69.9 Å². The van der Waals surface area contributed by atoms with Gasteiger partial charge in [-0.25, -0.2) is 19.9 Å². The highest BCUT2D eigenvalue weighted by atomic mass is 15.2. The van der Waals surface area contributed by atoms with Crippen molar-refractivity contribution < 1.29 is 0 Å². The third-order valence-electron chi connectivity index (χ3n) is 5.92. The summed E-state index contributed by atoms with van der Waals surface area (Å²) in [5.74, 6) is 1.29. The molecule has 0 unspecified atom stereocenters. The standard InChI is InChI=1S/C23H28N8/c1-14(2)31-13-26-18-11-15(3)17-12-25-23(29-21(17)22(18)31)28-20-6-5-19(16(4)27-20)30-9-7-24-8-10-30/h5-6,11-14,24H,7-10H2,1-4H3,(H,25,27,28,29). The molecule has 0 spiro atoms. The van der Waals surface area contributed by atoms with Crippen LogP contribution in [0, 0.1) is 13.8 Å². The monoisotopic (exact) mass is 416 g/mol. The van der Waals surface area contributed by atoms with Crippen LogP contribution in [-0.4, -0.2) is 50.7 Å². The van der Waals surface area contributed by atoms with Gasteiger partial charge in [0.2, 0.25) is 5.95 Å². The third-order valence-corrected chi connectivity index (χ3v) is 5.92. The van der Waals surface area contributed by atoms with E-state index < -0.39 is 0 Å². The highest BCUT2D eigenvalue weighted by Crippen LogP contribution is 2.29. The van der Waals surface area contributed by atoms with Crippen LogP contribution in [0.5, 0.6) is 0 Å². The molecule has 4 heterocycles. The molecule has 1 aliphatic heterocycles. The summed E-state index contributed by atoms with van der Waals surface area (Å²) in [6, 6.07) is 6.53. The molecule has 2 N–H and O–H groups in total. The van der Waals surface area contributed by atoms with Crippen LogP contribution in [0.25, 0.3) is 21.9 Å². The molecule has 0 aliphatic carbocycles. The smallest absolute Gasteiger partial charge is 0.228 e. The summed E-state index contributed by atoms with van der Waals surface area (Å²) in [4.78, 5) is 21.2. The first-order valence-electron chi connectivity index (χ1n) is 10.8. The van der Waals surface area contributed by atoms with E-state index in [-0.39, 0.29) is 0 Å². The van der Waals surface area contributed by atoms with Crippen LogP contribution in [0.1, 0.15) is 31.1 Å². The molecule has 0 bridgehead atoms. The zero-order valence-electron chi connectivity index (χ0n) is 18.5. The van der Waals surface area contributed by atoms with Crippen LogP contribution in [0.4, 0.5) is 17.5 Å². The van der Waals surface area contributed by atoms with Gasteiger partial charge in [0.15, 0.2) is 0 Å². The normalized spacial score (nSPS) is 14.7. The molecule has 31 heavy (non-hydrogen) atoms. The molecule has 4 aromatic rings. The lowest BCUT2D eigenvalue weighted by molar-refractivity contribution is 0.588. The lowest BCUT2D eigenvalue weighted by Crippen LogP contribution is -2.43. The summed E-state index contributed by atoms with van der Waals surface area (Å²) in [5.41, 5.74) is 6.22. The maximum atomic E-state index is 4.87. The minimum absolute atomic E-state index is 0.295. The number of nitrogens with one attached hydrogen (secondary N) is 2. The van der Waals surface area contributed by atoms with Crippen LogP contribution >= 0.6 is 0 Å². The highest BCUT2D eigenvalue weighted by molar-refractivity contribution is 6.03. The van der Waals surface area contributed by atoms with Crippen molar-refractivity contribution in [2.24, 2.45) is 0 Å². The van der Waals surface area contributed by atoms with E-state index in [0.717, 1.165) is 65.2 Å².